The van der Waals surface area contributed by atoms with Crippen LogP contribution in [0.15, 0.2) is 121 Å². The first-order valence-corrected chi connectivity index (χ1v) is 21.9. The molecule has 8 heteroatoms. The predicted molar refractivity (Wildman–Crippen MR) is 260 cm³/mol. The fourth-order valence-electron chi connectivity index (χ4n) is 7.29. The van der Waals surface area contributed by atoms with Crippen molar-refractivity contribution in [3.63, 3.8) is 0 Å². The van der Waals surface area contributed by atoms with Gasteiger partial charge in [0.2, 0.25) is 0 Å². The van der Waals surface area contributed by atoms with Crippen molar-refractivity contribution in [2.24, 2.45) is 14.1 Å². The normalized spacial score (nSPS) is 12.1. The van der Waals surface area contributed by atoms with Crippen LogP contribution in [0.4, 0.5) is 17.1 Å². The fourth-order valence-corrected chi connectivity index (χ4v) is 9.12. The molecule has 0 unspecified atom stereocenters. The first kappa shape index (κ1) is 42.3. The number of aryl methyl sites for hydroxylation is 2. The SMILES string of the molecule is C/C(C#N)=C/c1c(C)c(/C=C/c2ccc(-c3ccc(N(c4ccc(OC(C)C)cc4)c4ccc(-c5ccc(/C=C/c6cn(C)c(/C=C(/C)C#N)c6C)s5)cc4)cc3)s2)cn1C. The highest BCUT2D eigenvalue weighted by Gasteiger charge is 2.15. The fraction of sp³-hybridized carbons (Fsp3) is 0.170. The van der Waals surface area contributed by atoms with Crippen LogP contribution in [-0.4, -0.2) is 15.2 Å². The molecule has 0 aliphatic heterocycles. The molecule has 0 bridgehead atoms. The quantitative estimate of drug-likeness (QED) is 0.109. The number of ether oxygens (including phenoxy) is 1. The van der Waals surface area contributed by atoms with Crippen molar-refractivity contribution in [3.8, 4) is 38.8 Å². The van der Waals surface area contributed by atoms with Gasteiger partial charge in [-0.25, -0.2) is 0 Å². The second-order valence-corrected chi connectivity index (χ2v) is 17.7. The van der Waals surface area contributed by atoms with E-state index in [4.69, 9.17) is 4.74 Å². The predicted octanol–water partition coefficient (Wildman–Crippen LogP) is 14.9. The largest absolute Gasteiger partial charge is 0.491 e. The van der Waals surface area contributed by atoms with Gasteiger partial charge in [-0.1, -0.05) is 36.4 Å². The average molecular weight is 836 g/mol. The van der Waals surface area contributed by atoms with Crippen LogP contribution in [0, 0.1) is 36.5 Å². The lowest BCUT2D eigenvalue weighted by atomic mass is 10.1. The number of nitrogens with zero attached hydrogens (tertiary/aromatic N) is 5. The van der Waals surface area contributed by atoms with Crippen LogP contribution in [0.1, 0.15) is 71.1 Å². The lowest BCUT2D eigenvalue weighted by Gasteiger charge is -2.26. The molecule has 0 aliphatic carbocycles. The Morgan fingerprint density at radius 1 is 0.590 bits per heavy atom. The molecule has 0 saturated carbocycles. The van der Waals surface area contributed by atoms with E-state index in [1.165, 1.54) is 19.5 Å². The van der Waals surface area contributed by atoms with Gasteiger partial charge in [-0.15, -0.1) is 22.7 Å². The molecule has 7 rings (SSSR count). The number of hydrogen-bond acceptors (Lipinski definition) is 6. The van der Waals surface area contributed by atoms with Gasteiger partial charge in [0.1, 0.15) is 5.75 Å². The number of thiophene rings is 2. The number of nitriles is 2. The second-order valence-electron chi connectivity index (χ2n) is 15.4. The third-order valence-corrected chi connectivity index (χ3v) is 12.7. The van der Waals surface area contributed by atoms with Crippen molar-refractivity contribution >= 4 is 76.2 Å². The van der Waals surface area contributed by atoms with Crippen molar-refractivity contribution in [2.45, 2.75) is 47.6 Å². The second kappa shape index (κ2) is 18.6. The van der Waals surface area contributed by atoms with Crippen molar-refractivity contribution < 1.29 is 4.74 Å². The average Bonchev–Trinajstić information content (AvgIpc) is 4.05. The zero-order valence-corrected chi connectivity index (χ0v) is 37.5. The minimum Gasteiger partial charge on any atom is -0.491 e. The number of aromatic nitrogens is 2. The Morgan fingerprint density at radius 2 is 0.984 bits per heavy atom. The Bertz CT molecular complexity index is 2700. The molecule has 0 radical (unpaired) electrons. The maximum atomic E-state index is 9.27. The van der Waals surface area contributed by atoms with Crippen LogP contribution in [-0.2, 0) is 14.1 Å². The first-order chi connectivity index (χ1) is 29.4. The van der Waals surface area contributed by atoms with Gasteiger partial charge in [0.25, 0.3) is 0 Å². The van der Waals surface area contributed by atoms with Gasteiger partial charge < -0.3 is 18.8 Å². The third-order valence-electron chi connectivity index (χ3n) is 10.5. The van der Waals surface area contributed by atoms with Crippen molar-refractivity contribution in [1.29, 1.82) is 10.5 Å². The molecule has 6 nitrogen and oxygen atoms in total. The van der Waals surface area contributed by atoms with Crippen LogP contribution < -0.4 is 9.64 Å². The topological polar surface area (TPSA) is 69.9 Å². The van der Waals surface area contributed by atoms with Crippen molar-refractivity contribution in [3.05, 3.63) is 164 Å². The van der Waals surface area contributed by atoms with Gasteiger partial charge in [0.05, 0.1) is 18.2 Å². The summed E-state index contributed by atoms with van der Waals surface area (Å²) in [4.78, 5) is 7.03. The molecule has 0 amide bonds. The van der Waals surface area contributed by atoms with E-state index in [1.54, 1.807) is 22.7 Å². The number of allylic oxidation sites excluding steroid dienone is 2. The Hall–Kier alpha value is -6.84. The summed E-state index contributed by atoms with van der Waals surface area (Å²) in [6, 6.07) is 39.0. The van der Waals surface area contributed by atoms with Crippen LogP contribution in [0.25, 0.3) is 57.3 Å². The van der Waals surface area contributed by atoms with E-state index < -0.39 is 0 Å². The molecular weight excluding hydrogens is 787 g/mol. The molecule has 0 spiro atoms. The molecule has 0 aliphatic rings. The molecule has 304 valence electrons. The summed E-state index contributed by atoms with van der Waals surface area (Å²) in [5, 5.41) is 18.5. The minimum absolute atomic E-state index is 0.0954. The molecule has 4 aromatic heterocycles. The van der Waals surface area contributed by atoms with Crippen LogP contribution in [0.3, 0.4) is 0 Å². The van der Waals surface area contributed by atoms with Crippen LogP contribution in [0.5, 0.6) is 5.75 Å². The molecule has 0 fully saturated rings. The van der Waals surface area contributed by atoms with Crippen molar-refractivity contribution in [1.82, 2.24) is 9.13 Å². The van der Waals surface area contributed by atoms with Crippen molar-refractivity contribution in [2.75, 3.05) is 4.90 Å². The Balaban J connectivity index is 1.11. The van der Waals surface area contributed by atoms with E-state index in [-0.39, 0.29) is 6.10 Å². The lowest BCUT2D eigenvalue weighted by Crippen LogP contribution is -2.10. The van der Waals surface area contributed by atoms with Gasteiger partial charge in [0.15, 0.2) is 0 Å². The molecule has 4 heterocycles. The Morgan fingerprint density at radius 3 is 1.36 bits per heavy atom. The molecule has 61 heavy (non-hydrogen) atoms. The summed E-state index contributed by atoms with van der Waals surface area (Å²) in [5.41, 5.74) is 13.5. The summed E-state index contributed by atoms with van der Waals surface area (Å²) in [7, 11) is 4.03. The number of anilines is 3. The van der Waals surface area contributed by atoms with E-state index in [1.807, 2.05) is 66.1 Å². The third kappa shape index (κ3) is 9.80. The minimum atomic E-state index is 0.0954. The molecule has 7 aromatic rings. The van der Waals surface area contributed by atoms with Gasteiger partial charge in [0, 0.05) is 85.6 Å². The van der Waals surface area contributed by atoms with E-state index in [0.717, 1.165) is 67.6 Å². The maximum Gasteiger partial charge on any atom is 0.119 e. The van der Waals surface area contributed by atoms with Gasteiger partial charge >= 0.3 is 0 Å². The van der Waals surface area contributed by atoms with Crippen LogP contribution in [0.2, 0.25) is 0 Å². The molecule has 0 saturated heterocycles. The highest BCUT2D eigenvalue weighted by molar-refractivity contribution is 7.16. The standard InChI is InChI=1S/C53H49N5OS2/c1-35(2)59-47-21-19-46(20-22-47)58(44-15-9-40(10-16-44)52-27-25-48(60-52)23-13-42-33-56(7)50(38(42)5)29-36(3)31-54)45-17-11-41(12-18-45)53-28-26-49(61-53)24-14-43-34-57(8)51(39(43)6)30-37(4)32-55/h9-30,33-35H,1-8H3/b23-13+,24-14+,36-29-,37-30-. The zero-order chi connectivity index (χ0) is 43.2. The zero-order valence-electron chi connectivity index (χ0n) is 35.9. The number of benzene rings is 3. The lowest BCUT2D eigenvalue weighted by molar-refractivity contribution is 0.242. The van der Waals surface area contributed by atoms with Crippen LogP contribution >= 0.6 is 22.7 Å². The molecule has 0 N–H and O–H groups in total. The highest BCUT2D eigenvalue weighted by Crippen LogP contribution is 2.39. The van der Waals surface area contributed by atoms with Gasteiger partial charge in [-0.05, 0) is 172 Å². The Kier molecular flexibility index (Phi) is 12.9. The summed E-state index contributed by atoms with van der Waals surface area (Å²) in [6.45, 7) is 12.0. The molecular formula is C53H49N5OS2. The first-order valence-electron chi connectivity index (χ1n) is 20.2. The van der Waals surface area contributed by atoms with E-state index >= 15 is 0 Å². The van der Waals surface area contributed by atoms with Gasteiger partial charge in [-0.3, -0.25) is 0 Å². The maximum absolute atomic E-state index is 9.27. The smallest absolute Gasteiger partial charge is 0.119 e. The van der Waals surface area contributed by atoms with Gasteiger partial charge in [-0.2, -0.15) is 10.5 Å². The van der Waals surface area contributed by atoms with E-state index in [2.05, 4.69) is 162 Å². The van der Waals surface area contributed by atoms with E-state index in [0.29, 0.717) is 11.1 Å². The number of rotatable bonds is 13. The summed E-state index contributed by atoms with van der Waals surface area (Å²) >= 11 is 3.53. The van der Waals surface area contributed by atoms with E-state index in [9.17, 15) is 10.5 Å². The summed E-state index contributed by atoms with van der Waals surface area (Å²) in [5.74, 6) is 0.845. The number of hydrogen-bond donors (Lipinski definition) is 0. The summed E-state index contributed by atoms with van der Waals surface area (Å²) < 4.78 is 10.1. The molecule has 0 atom stereocenters. The molecule has 3 aromatic carbocycles. The monoisotopic (exact) mass is 835 g/mol. The summed E-state index contributed by atoms with van der Waals surface area (Å²) in [6.07, 6.45) is 16.8. The Labute approximate surface area is 368 Å². The highest BCUT2D eigenvalue weighted by atomic mass is 32.1.